The van der Waals surface area contributed by atoms with Crippen molar-refractivity contribution in [1.82, 2.24) is 5.32 Å². The number of esters is 1. The third-order valence-corrected chi connectivity index (χ3v) is 3.32. The zero-order valence-electron chi connectivity index (χ0n) is 13.6. The van der Waals surface area contributed by atoms with Crippen molar-refractivity contribution < 1.29 is 19.4 Å². The summed E-state index contributed by atoms with van der Waals surface area (Å²) in [5.74, 6) is -1.02. The lowest BCUT2D eigenvalue weighted by atomic mass is 10.0. The Kier molecular flexibility index (Phi) is 7.23. The van der Waals surface area contributed by atoms with E-state index in [2.05, 4.69) is 5.32 Å². The van der Waals surface area contributed by atoms with Crippen LogP contribution in [-0.4, -0.2) is 36.2 Å². The van der Waals surface area contributed by atoms with Crippen LogP contribution in [0.2, 0.25) is 0 Å². The van der Waals surface area contributed by atoms with E-state index in [4.69, 9.17) is 10.00 Å². The number of hydrogen-bond acceptors (Lipinski definition) is 5. The van der Waals surface area contributed by atoms with Crippen LogP contribution < -0.4 is 5.32 Å². The van der Waals surface area contributed by atoms with Gasteiger partial charge in [-0.3, -0.25) is 4.79 Å². The number of amides is 1. The molecule has 0 aliphatic heterocycles. The molecule has 0 bridgehead atoms. The Labute approximate surface area is 136 Å². The second kappa shape index (κ2) is 8.91. The van der Waals surface area contributed by atoms with Crippen LogP contribution in [0.4, 0.5) is 0 Å². The molecule has 0 saturated carbocycles. The Balaban J connectivity index is 2.78. The standard InChI is InChI=1S/C17H22N2O4/c1-11(2)8-15(20)16(21)19-14(17(22)23-3)9-12-4-6-13(10-18)7-5-12/h4-7,11,14-15,20H,8-9H2,1-3H3,(H,19,21)/t14-,15-/m0/s1. The minimum atomic E-state index is -1.16. The van der Waals surface area contributed by atoms with Crippen molar-refractivity contribution in [2.75, 3.05) is 7.11 Å². The number of benzene rings is 1. The highest BCUT2D eigenvalue weighted by Gasteiger charge is 2.25. The number of nitrogens with one attached hydrogen (secondary N) is 1. The second-order valence-corrected chi connectivity index (χ2v) is 5.74. The maximum atomic E-state index is 12.0. The van der Waals surface area contributed by atoms with Crippen molar-refractivity contribution in [3.05, 3.63) is 35.4 Å². The van der Waals surface area contributed by atoms with Crippen LogP contribution in [0.1, 0.15) is 31.4 Å². The molecule has 0 saturated heterocycles. The van der Waals surface area contributed by atoms with Crippen molar-refractivity contribution >= 4 is 11.9 Å². The highest BCUT2D eigenvalue weighted by Crippen LogP contribution is 2.09. The lowest BCUT2D eigenvalue weighted by Crippen LogP contribution is -2.47. The van der Waals surface area contributed by atoms with Gasteiger partial charge in [0.2, 0.25) is 5.91 Å². The number of nitriles is 1. The quantitative estimate of drug-likeness (QED) is 0.735. The summed E-state index contributed by atoms with van der Waals surface area (Å²) >= 11 is 0. The summed E-state index contributed by atoms with van der Waals surface area (Å²) in [5, 5.41) is 21.1. The molecule has 1 amide bonds. The molecule has 0 heterocycles. The maximum absolute atomic E-state index is 12.0. The molecule has 1 rings (SSSR count). The number of carbonyl (C=O) groups excluding carboxylic acids is 2. The van der Waals surface area contributed by atoms with Crippen molar-refractivity contribution in [3.8, 4) is 6.07 Å². The Hall–Kier alpha value is -2.39. The van der Waals surface area contributed by atoms with Crippen LogP contribution in [0.5, 0.6) is 0 Å². The largest absolute Gasteiger partial charge is 0.467 e. The molecule has 0 aliphatic carbocycles. The van der Waals surface area contributed by atoms with E-state index in [0.717, 1.165) is 5.56 Å². The number of methoxy groups -OCH3 is 1. The summed E-state index contributed by atoms with van der Waals surface area (Å²) in [6.07, 6.45) is -0.627. The molecular formula is C17H22N2O4. The lowest BCUT2D eigenvalue weighted by Gasteiger charge is -2.19. The number of rotatable bonds is 7. The van der Waals surface area contributed by atoms with Crippen LogP contribution in [0.25, 0.3) is 0 Å². The van der Waals surface area contributed by atoms with E-state index in [1.807, 2.05) is 19.9 Å². The van der Waals surface area contributed by atoms with Crippen LogP contribution in [-0.2, 0) is 20.7 Å². The first-order valence-corrected chi connectivity index (χ1v) is 7.42. The number of ether oxygens (including phenoxy) is 1. The van der Waals surface area contributed by atoms with E-state index in [1.165, 1.54) is 7.11 Å². The van der Waals surface area contributed by atoms with E-state index in [9.17, 15) is 14.7 Å². The molecule has 2 N–H and O–H groups in total. The first-order chi connectivity index (χ1) is 10.9. The Bertz CT molecular complexity index is 575. The van der Waals surface area contributed by atoms with E-state index in [0.29, 0.717) is 12.0 Å². The smallest absolute Gasteiger partial charge is 0.328 e. The second-order valence-electron chi connectivity index (χ2n) is 5.74. The fourth-order valence-corrected chi connectivity index (χ4v) is 2.11. The van der Waals surface area contributed by atoms with Gasteiger partial charge >= 0.3 is 5.97 Å². The molecule has 1 aromatic rings. The third kappa shape index (κ3) is 6.09. The summed E-state index contributed by atoms with van der Waals surface area (Å²) in [6, 6.07) is 7.83. The summed E-state index contributed by atoms with van der Waals surface area (Å²) in [7, 11) is 1.24. The van der Waals surface area contributed by atoms with Gasteiger partial charge in [0.15, 0.2) is 0 Å². The molecular weight excluding hydrogens is 296 g/mol. The van der Waals surface area contributed by atoms with Crippen molar-refractivity contribution in [3.63, 3.8) is 0 Å². The Morgan fingerprint density at radius 1 is 1.30 bits per heavy atom. The first kappa shape index (κ1) is 18.7. The molecule has 0 aromatic heterocycles. The molecule has 6 heteroatoms. The van der Waals surface area contributed by atoms with Gasteiger partial charge < -0.3 is 15.2 Å². The maximum Gasteiger partial charge on any atom is 0.328 e. The summed E-state index contributed by atoms with van der Waals surface area (Å²) in [5.41, 5.74) is 1.29. The van der Waals surface area contributed by atoms with Crippen molar-refractivity contribution in [2.45, 2.75) is 38.8 Å². The fraction of sp³-hybridized carbons (Fsp3) is 0.471. The average Bonchev–Trinajstić information content (AvgIpc) is 2.53. The highest BCUT2D eigenvalue weighted by atomic mass is 16.5. The van der Waals surface area contributed by atoms with Gasteiger partial charge in [0.25, 0.3) is 0 Å². The van der Waals surface area contributed by atoms with Gasteiger partial charge in [-0.05, 0) is 30.0 Å². The van der Waals surface area contributed by atoms with Gasteiger partial charge in [-0.15, -0.1) is 0 Å². The molecule has 0 aliphatic rings. The summed E-state index contributed by atoms with van der Waals surface area (Å²) < 4.78 is 4.70. The zero-order chi connectivity index (χ0) is 17.4. The highest BCUT2D eigenvalue weighted by molar-refractivity contribution is 5.87. The van der Waals surface area contributed by atoms with E-state index in [1.54, 1.807) is 24.3 Å². The molecule has 0 spiro atoms. The van der Waals surface area contributed by atoms with E-state index < -0.39 is 24.0 Å². The minimum absolute atomic E-state index is 0.158. The number of aliphatic hydroxyl groups excluding tert-OH is 1. The van der Waals surface area contributed by atoms with E-state index >= 15 is 0 Å². The van der Waals surface area contributed by atoms with Crippen LogP contribution in [0.15, 0.2) is 24.3 Å². The third-order valence-electron chi connectivity index (χ3n) is 3.32. The normalized spacial score (nSPS) is 13.0. The number of aliphatic hydroxyl groups is 1. The predicted molar refractivity (Wildman–Crippen MR) is 84.3 cm³/mol. The van der Waals surface area contributed by atoms with E-state index in [-0.39, 0.29) is 12.3 Å². The van der Waals surface area contributed by atoms with Gasteiger partial charge in [-0.1, -0.05) is 26.0 Å². The summed E-state index contributed by atoms with van der Waals surface area (Å²) in [4.78, 5) is 23.8. The molecule has 2 atom stereocenters. The SMILES string of the molecule is COC(=O)[C@H](Cc1ccc(C#N)cc1)NC(=O)[C@@H](O)CC(C)C. The molecule has 1 aromatic carbocycles. The lowest BCUT2D eigenvalue weighted by molar-refractivity contribution is -0.146. The molecule has 6 nitrogen and oxygen atoms in total. The topological polar surface area (TPSA) is 99.4 Å². The fourth-order valence-electron chi connectivity index (χ4n) is 2.11. The predicted octanol–water partition coefficient (Wildman–Crippen LogP) is 1.17. The molecule has 124 valence electrons. The van der Waals surface area contributed by atoms with Gasteiger partial charge in [-0.2, -0.15) is 5.26 Å². The Morgan fingerprint density at radius 2 is 1.91 bits per heavy atom. The minimum Gasteiger partial charge on any atom is -0.467 e. The molecule has 0 radical (unpaired) electrons. The van der Waals surface area contributed by atoms with Crippen LogP contribution in [0, 0.1) is 17.2 Å². The molecule has 0 unspecified atom stereocenters. The van der Waals surface area contributed by atoms with Gasteiger partial charge in [0, 0.05) is 6.42 Å². The van der Waals surface area contributed by atoms with Gasteiger partial charge in [0.1, 0.15) is 12.1 Å². The monoisotopic (exact) mass is 318 g/mol. The molecule has 0 fully saturated rings. The Morgan fingerprint density at radius 3 is 2.39 bits per heavy atom. The zero-order valence-corrected chi connectivity index (χ0v) is 13.6. The number of carbonyl (C=O) groups is 2. The number of nitrogens with zero attached hydrogens (tertiary/aromatic N) is 1. The van der Waals surface area contributed by atoms with Crippen LogP contribution >= 0.6 is 0 Å². The molecule has 23 heavy (non-hydrogen) atoms. The van der Waals surface area contributed by atoms with Crippen molar-refractivity contribution in [2.24, 2.45) is 5.92 Å². The van der Waals surface area contributed by atoms with Gasteiger partial charge in [-0.25, -0.2) is 4.79 Å². The van der Waals surface area contributed by atoms with Crippen LogP contribution in [0.3, 0.4) is 0 Å². The van der Waals surface area contributed by atoms with Crippen molar-refractivity contribution in [1.29, 1.82) is 5.26 Å². The first-order valence-electron chi connectivity index (χ1n) is 7.42. The van der Waals surface area contributed by atoms with Gasteiger partial charge in [0.05, 0.1) is 18.7 Å². The number of hydrogen-bond donors (Lipinski definition) is 2. The summed E-state index contributed by atoms with van der Waals surface area (Å²) in [6.45, 7) is 3.79. The average molecular weight is 318 g/mol.